The molecule has 1 aromatic rings. The summed E-state index contributed by atoms with van der Waals surface area (Å²) in [7, 11) is 6.36. The minimum absolute atomic E-state index is 0.488. The van der Waals surface area contributed by atoms with Gasteiger partial charge >= 0.3 is 7.12 Å². The predicted octanol–water partition coefficient (Wildman–Crippen LogP) is -0.241. The molecular formula is C14H25BN2O3. The van der Waals surface area contributed by atoms with Gasteiger partial charge in [0.1, 0.15) is 5.75 Å². The highest BCUT2D eigenvalue weighted by Gasteiger charge is 2.14. The second kappa shape index (κ2) is 8.27. The van der Waals surface area contributed by atoms with E-state index in [9.17, 15) is 10.0 Å². The SMILES string of the molecule is COc1ccc(B(O)O)cc1CN(C)CCCN(C)C. The molecule has 0 saturated heterocycles. The minimum atomic E-state index is -1.45. The molecule has 1 aromatic carbocycles. The van der Waals surface area contributed by atoms with Crippen LogP contribution in [0.15, 0.2) is 18.2 Å². The van der Waals surface area contributed by atoms with E-state index in [2.05, 4.69) is 30.9 Å². The third-order valence-electron chi connectivity index (χ3n) is 3.19. The summed E-state index contributed by atoms with van der Waals surface area (Å²) >= 11 is 0. The van der Waals surface area contributed by atoms with Crippen LogP contribution in [0, 0.1) is 0 Å². The van der Waals surface area contributed by atoms with Gasteiger partial charge in [0.2, 0.25) is 0 Å². The molecule has 20 heavy (non-hydrogen) atoms. The molecule has 0 amide bonds. The van der Waals surface area contributed by atoms with Gasteiger partial charge in [-0.1, -0.05) is 12.1 Å². The first-order valence-electron chi connectivity index (χ1n) is 6.80. The van der Waals surface area contributed by atoms with Crippen molar-refractivity contribution >= 4 is 12.6 Å². The van der Waals surface area contributed by atoms with Gasteiger partial charge < -0.3 is 24.6 Å². The maximum atomic E-state index is 9.24. The van der Waals surface area contributed by atoms with Crippen molar-refractivity contribution in [1.82, 2.24) is 9.80 Å². The molecule has 0 aliphatic carbocycles. The van der Waals surface area contributed by atoms with Gasteiger partial charge in [0, 0.05) is 12.1 Å². The maximum Gasteiger partial charge on any atom is 0.488 e. The fourth-order valence-electron chi connectivity index (χ4n) is 2.11. The second-order valence-corrected chi connectivity index (χ2v) is 5.34. The summed E-state index contributed by atoms with van der Waals surface area (Å²) in [5, 5.41) is 18.5. The van der Waals surface area contributed by atoms with Gasteiger partial charge in [0.05, 0.1) is 7.11 Å². The lowest BCUT2D eigenvalue weighted by Crippen LogP contribution is -2.31. The van der Waals surface area contributed by atoms with E-state index in [0.29, 0.717) is 5.46 Å². The van der Waals surface area contributed by atoms with Crippen LogP contribution in [-0.4, -0.2) is 68.3 Å². The van der Waals surface area contributed by atoms with Crippen LogP contribution in [0.3, 0.4) is 0 Å². The summed E-state index contributed by atoms with van der Waals surface area (Å²) in [5.74, 6) is 0.772. The average molecular weight is 280 g/mol. The molecule has 0 radical (unpaired) electrons. The first kappa shape index (κ1) is 17.0. The van der Waals surface area contributed by atoms with E-state index in [0.717, 1.165) is 37.4 Å². The number of benzene rings is 1. The van der Waals surface area contributed by atoms with Crippen molar-refractivity contribution in [2.24, 2.45) is 0 Å². The summed E-state index contributed by atoms with van der Waals surface area (Å²) in [4.78, 5) is 4.37. The number of hydrogen-bond acceptors (Lipinski definition) is 5. The van der Waals surface area contributed by atoms with E-state index in [4.69, 9.17) is 4.74 Å². The zero-order valence-electron chi connectivity index (χ0n) is 12.8. The second-order valence-electron chi connectivity index (χ2n) is 5.34. The molecule has 6 heteroatoms. The third kappa shape index (κ3) is 5.50. The van der Waals surface area contributed by atoms with Crippen LogP contribution in [0.25, 0.3) is 0 Å². The smallest absolute Gasteiger partial charge is 0.488 e. The Kier molecular flexibility index (Phi) is 7.02. The van der Waals surface area contributed by atoms with E-state index in [-0.39, 0.29) is 0 Å². The summed E-state index contributed by atoms with van der Waals surface area (Å²) in [6.45, 7) is 2.75. The molecule has 0 bridgehead atoms. The van der Waals surface area contributed by atoms with Crippen molar-refractivity contribution in [1.29, 1.82) is 0 Å². The van der Waals surface area contributed by atoms with E-state index < -0.39 is 7.12 Å². The van der Waals surface area contributed by atoms with Crippen LogP contribution in [-0.2, 0) is 6.54 Å². The van der Waals surface area contributed by atoms with E-state index >= 15 is 0 Å². The molecule has 0 heterocycles. The highest BCUT2D eigenvalue weighted by Crippen LogP contribution is 2.18. The predicted molar refractivity (Wildman–Crippen MR) is 82.3 cm³/mol. The molecule has 1 rings (SSSR count). The third-order valence-corrected chi connectivity index (χ3v) is 3.19. The Hall–Kier alpha value is -1.08. The molecule has 0 aromatic heterocycles. The zero-order chi connectivity index (χ0) is 15.1. The maximum absolute atomic E-state index is 9.24. The van der Waals surface area contributed by atoms with E-state index in [1.807, 2.05) is 0 Å². The number of methoxy groups -OCH3 is 1. The first-order valence-corrected chi connectivity index (χ1v) is 6.80. The molecule has 5 nitrogen and oxygen atoms in total. The number of hydrogen-bond donors (Lipinski definition) is 2. The van der Waals surface area contributed by atoms with Crippen LogP contribution < -0.4 is 10.2 Å². The Morgan fingerprint density at radius 2 is 1.85 bits per heavy atom. The standard InChI is InChI=1S/C14H25BN2O3/c1-16(2)8-5-9-17(3)11-12-10-13(15(18)19)6-7-14(12)20-4/h6-7,10,18-19H,5,8-9,11H2,1-4H3. The lowest BCUT2D eigenvalue weighted by molar-refractivity contribution is 0.289. The van der Waals surface area contributed by atoms with Gasteiger partial charge in [-0.05, 0) is 52.2 Å². The molecule has 0 spiro atoms. The van der Waals surface area contributed by atoms with Crippen molar-refractivity contribution in [3.05, 3.63) is 23.8 Å². The van der Waals surface area contributed by atoms with Crippen LogP contribution in [0.4, 0.5) is 0 Å². The highest BCUT2D eigenvalue weighted by atomic mass is 16.5. The Morgan fingerprint density at radius 3 is 2.40 bits per heavy atom. The van der Waals surface area contributed by atoms with Gasteiger partial charge in [-0.2, -0.15) is 0 Å². The minimum Gasteiger partial charge on any atom is -0.496 e. The van der Waals surface area contributed by atoms with Crippen LogP contribution in [0.2, 0.25) is 0 Å². The Balaban J connectivity index is 2.66. The fraction of sp³-hybridized carbons (Fsp3) is 0.571. The molecular weight excluding hydrogens is 255 g/mol. The van der Waals surface area contributed by atoms with Crippen LogP contribution >= 0.6 is 0 Å². The van der Waals surface area contributed by atoms with Crippen molar-refractivity contribution in [2.75, 3.05) is 41.3 Å². The van der Waals surface area contributed by atoms with E-state index in [1.165, 1.54) is 0 Å². The van der Waals surface area contributed by atoms with Crippen molar-refractivity contribution in [3.63, 3.8) is 0 Å². The summed E-state index contributed by atoms with van der Waals surface area (Å²) in [6, 6.07) is 5.22. The van der Waals surface area contributed by atoms with E-state index in [1.54, 1.807) is 25.3 Å². The molecule has 0 aliphatic rings. The molecule has 0 fully saturated rings. The molecule has 0 saturated carbocycles. The Bertz CT molecular complexity index is 413. The number of ether oxygens (including phenoxy) is 1. The van der Waals surface area contributed by atoms with Gasteiger partial charge in [-0.3, -0.25) is 0 Å². The summed E-state index contributed by atoms with van der Waals surface area (Å²) < 4.78 is 5.33. The normalized spacial score (nSPS) is 11.2. The molecule has 0 atom stereocenters. The fourth-order valence-corrected chi connectivity index (χ4v) is 2.11. The molecule has 0 unspecified atom stereocenters. The van der Waals surface area contributed by atoms with Gasteiger partial charge in [0.15, 0.2) is 0 Å². The average Bonchev–Trinajstić information content (AvgIpc) is 2.38. The monoisotopic (exact) mass is 280 g/mol. The van der Waals surface area contributed by atoms with Crippen molar-refractivity contribution in [3.8, 4) is 5.75 Å². The van der Waals surface area contributed by atoms with Crippen molar-refractivity contribution < 1.29 is 14.8 Å². The van der Waals surface area contributed by atoms with Crippen LogP contribution in [0.5, 0.6) is 5.75 Å². The van der Waals surface area contributed by atoms with Gasteiger partial charge in [-0.25, -0.2) is 0 Å². The first-order chi connectivity index (χ1) is 9.43. The van der Waals surface area contributed by atoms with Gasteiger partial charge in [0.25, 0.3) is 0 Å². The number of nitrogens with zero attached hydrogens (tertiary/aromatic N) is 2. The summed E-state index contributed by atoms with van der Waals surface area (Å²) in [5.41, 5.74) is 1.45. The molecule has 0 aliphatic heterocycles. The quantitative estimate of drug-likeness (QED) is 0.644. The highest BCUT2D eigenvalue weighted by molar-refractivity contribution is 6.58. The molecule has 112 valence electrons. The van der Waals surface area contributed by atoms with Crippen molar-refractivity contribution in [2.45, 2.75) is 13.0 Å². The largest absolute Gasteiger partial charge is 0.496 e. The molecule has 2 N–H and O–H groups in total. The Morgan fingerprint density at radius 1 is 1.15 bits per heavy atom. The van der Waals surface area contributed by atoms with Crippen LogP contribution in [0.1, 0.15) is 12.0 Å². The lowest BCUT2D eigenvalue weighted by Gasteiger charge is -2.20. The zero-order valence-corrected chi connectivity index (χ0v) is 12.8. The van der Waals surface area contributed by atoms with Gasteiger partial charge in [-0.15, -0.1) is 0 Å². The number of rotatable bonds is 8. The Labute approximate surface area is 121 Å². The lowest BCUT2D eigenvalue weighted by atomic mass is 9.79. The topological polar surface area (TPSA) is 56.2 Å². The summed E-state index contributed by atoms with van der Waals surface area (Å²) in [6.07, 6.45) is 1.09.